The smallest absolute Gasteiger partial charge is 0.255 e. The van der Waals surface area contributed by atoms with Crippen LogP contribution in [0.3, 0.4) is 0 Å². The molecule has 1 heterocycles. The van der Waals surface area contributed by atoms with E-state index in [1.807, 2.05) is 6.92 Å². The van der Waals surface area contributed by atoms with Gasteiger partial charge in [-0.25, -0.2) is 0 Å². The fraction of sp³-hybridized carbons (Fsp3) is 0.0476. The van der Waals surface area contributed by atoms with Crippen LogP contribution in [-0.4, -0.2) is 11.8 Å². The molecule has 1 aromatic heterocycles. The Morgan fingerprint density at radius 3 is 2.63 bits per heavy atom. The average molecular weight is 381 g/mol. The van der Waals surface area contributed by atoms with Crippen molar-refractivity contribution in [3.8, 4) is 0 Å². The van der Waals surface area contributed by atoms with Crippen LogP contribution in [0.5, 0.6) is 0 Å². The quantitative estimate of drug-likeness (QED) is 0.601. The van der Waals surface area contributed by atoms with E-state index in [0.717, 1.165) is 5.56 Å². The van der Waals surface area contributed by atoms with Crippen LogP contribution < -0.4 is 10.6 Å². The van der Waals surface area contributed by atoms with Crippen LogP contribution in [0, 0.1) is 6.92 Å². The highest BCUT2D eigenvalue weighted by Gasteiger charge is 2.10. The van der Waals surface area contributed by atoms with Crippen LogP contribution in [0.4, 0.5) is 11.4 Å². The van der Waals surface area contributed by atoms with E-state index >= 15 is 0 Å². The first-order chi connectivity index (χ1) is 13.0. The number of hydrogen-bond donors (Lipinski definition) is 2. The molecule has 0 aliphatic rings. The van der Waals surface area contributed by atoms with E-state index in [4.69, 9.17) is 16.0 Å². The Morgan fingerprint density at radius 1 is 1.04 bits per heavy atom. The number of rotatable bonds is 5. The number of nitrogens with one attached hydrogen (secondary N) is 2. The van der Waals surface area contributed by atoms with Gasteiger partial charge in [-0.1, -0.05) is 23.7 Å². The number of amides is 2. The van der Waals surface area contributed by atoms with Crippen molar-refractivity contribution in [3.05, 3.63) is 88.8 Å². The van der Waals surface area contributed by atoms with Gasteiger partial charge in [0.2, 0.25) is 5.91 Å². The zero-order valence-corrected chi connectivity index (χ0v) is 15.3. The summed E-state index contributed by atoms with van der Waals surface area (Å²) in [4.78, 5) is 24.5. The van der Waals surface area contributed by atoms with Crippen molar-refractivity contribution in [2.24, 2.45) is 0 Å². The first-order valence-electron chi connectivity index (χ1n) is 8.22. The van der Waals surface area contributed by atoms with Crippen LogP contribution in [0.2, 0.25) is 5.02 Å². The fourth-order valence-electron chi connectivity index (χ4n) is 2.40. The van der Waals surface area contributed by atoms with Gasteiger partial charge in [0, 0.05) is 28.0 Å². The van der Waals surface area contributed by atoms with Crippen LogP contribution in [0.25, 0.3) is 6.08 Å². The molecule has 3 rings (SSSR count). The third-order valence-corrected chi connectivity index (χ3v) is 4.26. The molecule has 0 atom stereocenters. The number of hydrogen-bond acceptors (Lipinski definition) is 3. The molecular weight excluding hydrogens is 364 g/mol. The summed E-state index contributed by atoms with van der Waals surface area (Å²) in [5.74, 6) is -0.0348. The second kappa shape index (κ2) is 8.38. The number of halogens is 1. The summed E-state index contributed by atoms with van der Waals surface area (Å²) in [6.45, 7) is 1.83. The molecule has 0 unspecified atom stereocenters. The monoisotopic (exact) mass is 380 g/mol. The first-order valence-corrected chi connectivity index (χ1v) is 8.60. The Labute approximate surface area is 161 Å². The van der Waals surface area contributed by atoms with Gasteiger partial charge in [0.25, 0.3) is 5.91 Å². The molecule has 0 bridgehead atoms. The molecule has 27 heavy (non-hydrogen) atoms. The molecule has 0 saturated carbocycles. The minimum atomic E-state index is -0.324. The second-order valence-corrected chi connectivity index (χ2v) is 6.19. The molecule has 2 N–H and O–H groups in total. The van der Waals surface area contributed by atoms with Crippen LogP contribution >= 0.6 is 11.6 Å². The van der Waals surface area contributed by atoms with Gasteiger partial charge < -0.3 is 15.1 Å². The Bertz CT molecular complexity index is 994. The molecule has 3 aromatic rings. The highest BCUT2D eigenvalue weighted by molar-refractivity contribution is 6.31. The lowest BCUT2D eigenvalue weighted by atomic mass is 10.1. The number of furan rings is 1. The highest BCUT2D eigenvalue weighted by atomic mass is 35.5. The van der Waals surface area contributed by atoms with Gasteiger partial charge in [-0.3, -0.25) is 9.59 Å². The zero-order chi connectivity index (χ0) is 19.2. The molecule has 0 spiro atoms. The minimum Gasteiger partial charge on any atom is -0.465 e. The minimum absolute atomic E-state index is 0.289. The van der Waals surface area contributed by atoms with Crippen molar-refractivity contribution in [2.45, 2.75) is 6.92 Å². The second-order valence-electron chi connectivity index (χ2n) is 5.79. The first kappa shape index (κ1) is 18.5. The molecule has 6 heteroatoms. The Morgan fingerprint density at radius 2 is 1.85 bits per heavy atom. The summed E-state index contributed by atoms with van der Waals surface area (Å²) < 4.78 is 5.13. The van der Waals surface area contributed by atoms with Crippen LogP contribution in [0.1, 0.15) is 21.7 Å². The Hall–Kier alpha value is -3.31. The molecule has 136 valence electrons. The van der Waals surface area contributed by atoms with Gasteiger partial charge in [0.05, 0.1) is 6.26 Å². The summed E-state index contributed by atoms with van der Waals surface area (Å²) in [5, 5.41) is 6.13. The molecule has 5 nitrogen and oxygen atoms in total. The Kier molecular flexibility index (Phi) is 5.74. The van der Waals surface area contributed by atoms with E-state index in [1.54, 1.807) is 60.7 Å². The third kappa shape index (κ3) is 4.86. The maximum absolute atomic E-state index is 12.5. The number of benzene rings is 2. The predicted molar refractivity (Wildman–Crippen MR) is 107 cm³/mol. The van der Waals surface area contributed by atoms with Crippen molar-refractivity contribution in [1.29, 1.82) is 0 Å². The molecule has 2 amide bonds. The lowest BCUT2D eigenvalue weighted by molar-refractivity contribution is -0.111. The Balaban J connectivity index is 1.68. The molecule has 0 saturated heterocycles. The van der Waals surface area contributed by atoms with Crippen molar-refractivity contribution in [2.75, 3.05) is 10.6 Å². The number of carbonyl (C=O) groups excluding carboxylic acids is 2. The molecular formula is C21H17ClN2O3. The average Bonchev–Trinajstić information content (AvgIpc) is 3.18. The summed E-state index contributed by atoms with van der Waals surface area (Å²) in [7, 11) is 0. The fourth-order valence-corrected chi connectivity index (χ4v) is 2.58. The van der Waals surface area contributed by atoms with Crippen LogP contribution in [-0.2, 0) is 4.79 Å². The van der Waals surface area contributed by atoms with E-state index in [-0.39, 0.29) is 11.8 Å². The normalized spacial score (nSPS) is 10.7. The van der Waals surface area contributed by atoms with Crippen molar-refractivity contribution in [1.82, 2.24) is 0 Å². The largest absolute Gasteiger partial charge is 0.465 e. The summed E-state index contributed by atoms with van der Waals surface area (Å²) in [6, 6.07) is 15.5. The van der Waals surface area contributed by atoms with Crippen molar-refractivity contribution in [3.63, 3.8) is 0 Å². The van der Waals surface area contributed by atoms with Gasteiger partial charge >= 0.3 is 0 Å². The lowest BCUT2D eigenvalue weighted by Crippen LogP contribution is -2.14. The van der Waals surface area contributed by atoms with E-state index in [1.165, 1.54) is 12.3 Å². The molecule has 0 radical (unpaired) electrons. The van der Waals surface area contributed by atoms with Crippen LogP contribution in [0.15, 0.2) is 71.4 Å². The summed E-state index contributed by atoms with van der Waals surface area (Å²) in [5.41, 5.74) is 2.37. The molecule has 2 aromatic carbocycles. The third-order valence-electron chi connectivity index (χ3n) is 3.85. The van der Waals surface area contributed by atoms with E-state index in [0.29, 0.717) is 27.7 Å². The van der Waals surface area contributed by atoms with E-state index < -0.39 is 0 Å². The SMILES string of the molecule is Cc1c(Cl)cccc1NC(=O)c1cccc(NC(=O)C=Cc2ccco2)c1. The van der Waals surface area contributed by atoms with Gasteiger partial charge in [0.1, 0.15) is 5.76 Å². The number of carbonyl (C=O) groups is 2. The maximum Gasteiger partial charge on any atom is 0.255 e. The zero-order valence-electron chi connectivity index (χ0n) is 14.5. The standard InChI is InChI=1S/C21H17ClN2O3/c1-14-18(22)8-3-9-19(14)24-21(26)15-5-2-6-16(13-15)23-20(25)11-10-17-7-4-12-27-17/h2-13H,1H3,(H,23,25)(H,24,26). The van der Waals surface area contributed by atoms with Crippen molar-refractivity contribution >= 4 is 40.9 Å². The topological polar surface area (TPSA) is 71.3 Å². The summed E-state index contributed by atoms with van der Waals surface area (Å²) in [6.07, 6.45) is 4.45. The van der Waals surface area contributed by atoms with Gasteiger partial charge in [0.15, 0.2) is 0 Å². The predicted octanol–water partition coefficient (Wildman–Crippen LogP) is 5.15. The molecule has 0 aliphatic heterocycles. The van der Waals surface area contributed by atoms with Gasteiger partial charge in [-0.15, -0.1) is 0 Å². The highest BCUT2D eigenvalue weighted by Crippen LogP contribution is 2.23. The lowest BCUT2D eigenvalue weighted by Gasteiger charge is -2.10. The van der Waals surface area contributed by atoms with Gasteiger partial charge in [-0.05, 0) is 61.0 Å². The van der Waals surface area contributed by atoms with E-state index in [2.05, 4.69) is 10.6 Å². The molecule has 0 fully saturated rings. The number of anilines is 2. The van der Waals surface area contributed by atoms with E-state index in [9.17, 15) is 9.59 Å². The van der Waals surface area contributed by atoms with Crippen molar-refractivity contribution < 1.29 is 14.0 Å². The molecule has 0 aliphatic carbocycles. The maximum atomic E-state index is 12.5. The van der Waals surface area contributed by atoms with Gasteiger partial charge in [-0.2, -0.15) is 0 Å². The summed E-state index contributed by atoms with van der Waals surface area (Å²) >= 11 is 6.08.